The molecule has 1 heterocycles. The Bertz CT molecular complexity index is 510. The molecule has 1 aliphatic rings. The van der Waals surface area contributed by atoms with Crippen molar-refractivity contribution in [2.75, 3.05) is 19.8 Å². The molecule has 6 heteroatoms. The average molecular weight is 352 g/mol. The number of esters is 1. The minimum absolute atomic E-state index is 0.221. The zero-order valence-corrected chi connectivity index (χ0v) is 15.2. The minimum Gasteiger partial charge on any atom is -0.455 e. The van der Waals surface area contributed by atoms with E-state index in [9.17, 15) is 4.79 Å². The van der Waals surface area contributed by atoms with E-state index in [0.717, 1.165) is 18.4 Å². The third-order valence-corrected chi connectivity index (χ3v) is 4.18. The van der Waals surface area contributed by atoms with Crippen LogP contribution in [0.5, 0.6) is 0 Å². The quantitative estimate of drug-likeness (QED) is 0.591. The SMILES string of the molecule is CCCCO[C@H]1[C@H](C)OC(=O)[C@@H]([NH3+])COC[C@@H]1OCc1ccccc1. The van der Waals surface area contributed by atoms with Gasteiger partial charge in [-0.05, 0) is 18.9 Å². The maximum Gasteiger partial charge on any atom is 0.367 e. The summed E-state index contributed by atoms with van der Waals surface area (Å²) in [6.45, 7) is 5.56. The summed E-state index contributed by atoms with van der Waals surface area (Å²) in [7, 11) is 0. The van der Waals surface area contributed by atoms with Crippen LogP contribution in [0, 0.1) is 0 Å². The third-order valence-electron chi connectivity index (χ3n) is 4.18. The normalized spacial score (nSPS) is 27.9. The van der Waals surface area contributed by atoms with Crippen molar-refractivity contribution in [3.8, 4) is 0 Å². The Hall–Kier alpha value is -1.47. The number of carbonyl (C=O) groups is 1. The number of quaternary nitrogens is 1. The van der Waals surface area contributed by atoms with E-state index in [-0.39, 0.29) is 24.8 Å². The van der Waals surface area contributed by atoms with E-state index in [4.69, 9.17) is 18.9 Å². The predicted octanol–water partition coefficient (Wildman–Crippen LogP) is 1.33. The lowest BCUT2D eigenvalue weighted by Crippen LogP contribution is -2.67. The van der Waals surface area contributed by atoms with Gasteiger partial charge in [0.2, 0.25) is 6.04 Å². The van der Waals surface area contributed by atoms with Crippen molar-refractivity contribution in [1.82, 2.24) is 0 Å². The van der Waals surface area contributed by atoms with Crippen molar-refractivity contribution >= 4 is 5.97 Å². The molecular formula is C19H30NO5+. The zero-order valence-electron chi connectivity index (χ0n) is 15.2. The Balaban J connectivity index is 2.06. The van der Waals surface area contributed by atoms with Crippen LogP contribution in [0.15, 0.2) is 30.3 Å². The summed E-state index contributed by atoms with van der Waals surface area (Å²) < 4.78 is 23.3. The molecule has 1 fully saturated rings. The number of hydrogen-bond donors (Lipinski definition) is 1. The van der Waals surface area contributed by atoms with Crippen LogP contribution in [-0.2, 0) is 30.3 Å². The van der Waals surface area contributed by atoms with E-state index in [2.05, 4.69) is 12.7 Å². The lowest BCUT2D eigenvalue weighted by molar-refractivity contribution is -0.415. The van der Waals surface area contributed by atoms with Crippen LogP contribution in [0.25, 0.3) is 0 Å². The van der Waals surface area contributed by atoms with Gasteiger partial charge in [-0.1, -0.05) is 43.7 Å². The van der Waals surface area contributed by atoms with Crippen molar-refractivity contribution in [2.24, 2.45) is 0 Å². The molecule has 0 aliphatic carbocycles. The maximum atomic E-state index is 12.0. The van der Waals surface area contributed by atoms with Crippen LogP contribution < -0.4 is 5.73 Å². The second-order valence-electron chi connectivity index (χ2n) is 6.40. The molecule has 0 radical (unpaired) electrons. The number of cyclic esters (lactones) is 1. The van der Waals surface area contributed by atoms with E-state index < -0.39 is 12.1 Å². The van der Waals surface area contributed by atoms with Crippen molar-refractivity contribution in [3.63, 3.8) is 0 Å². The van der Waals surface area contributed by atoms with Gasteiger partial charge in [-0.15, -0.1) is 0 Å². The van der Waals surface area contributed by atoms with Gasteiger partial charge in [0.25, 0.3) is 0 Å². The first-order valence-electron chi connectivity index (χ1n) is 9.00. The molecule has 0 aromatic heterocycles. The molecule has 0 saturated carbocycles. The first kappa shape index (κ1) is 19.8. The Morgan fingerprint density at radius 3 is 2.68 bits per heavy atom. The summed E-state index contributed by atoms with van der Waals surface area (Å²) in [6.07, 6.45) is 0.876. The largest absolute Gasteiger partial charge is 0.455 e. The van der Waals surface area contributed by atoms with Crippen LogP contribution in [0.2, 0.25) is 0 Å². The van der Waals surface area contributed by atoms with Crippen LogP contribution in [0.4, 0.5) is 0 Å². The lowest BCUT2D eigenvalue weighted by Gasteiger charge is -2.30. The van der Waals surface area contributed by atoms with E-state index in [1.807, 2.05) is 37.3 Å². The van der Waals surface area contributed by atoms with Gasteiger partial charge in [0.15, 0.2) is 0 Å². The summed E-state index contributed by atoms with van der Waals surface area (Å²) in [5.74, 6) is -0.361. The van der Waals surface area contributed by atoms with Gasteiger partial charge in [-0.25, -0.2) is 4.79 Å². The molecular weight excluding hydrogens is 322 g/mol. The molecule has 3 N–H and O–H groups in total. The molecule has 0 spiro atoms. The second-order valence-corrected chi connectivity index (χ2v) is 6.40. The third kappa shape index (κ3) is 6.40. The van der Waals surface area contributed by atoms with Crippen LogP contribution in [0.3, 0.4) is 0 Å². The van der Waals surface area contributed by atoms with Gasteiger partial charge >= 0.3 is 5.97 Å². The van der Waals surface area contributed by atoms with Crippen molar-refractivity contribution in [3.05, 3.63) is 35.9 Å². The number of carbonyl (C=O) groups excluding carboxylic acids is 1. The molecule has 1 aromatic rings. The average Bonchev–Trinajstić information content (AvgIpc) is 2.66. The first-order chi connectivity index (χ1) is 12.1. The highest BCUT2D eigenvalue weighted by atomic mass is 16.6. The highest BCUT2D eigenvalue weighted by molar-refractivity contribution is 5.74. The van der Waals surface area contributed by atoms with Gasteiger partial charge < -0.3 is 24.7 Å². The molecule has 1 aliphatic heterocycles. The number of unbranched alkanes of at least 4 members (excludes halogenated alkanes) is 1. The maximum absolute atomic E-state index is 12.0. The molecule has 25 heavy (non-hydrogen) atoms. The minimum atomic E-state index is -0.536. The topological polar surface area (TPSA) is 81.6 Å². The van der Waals surface area contributed by atoms with Gasteiger partial charge in [-0.3, -0.25) is 0 Å². The second kappa shape index (κ2) is 10.5. The number of ether oxygens (including phenoxy) is 4. The number of benzene rings is 1. The Morgan fingerprint density at radius 1 is 1.20 bits per heavy atom. The van der Waals surface area contributed by atoms with Crippen molar-refractivity contribution in [2.45, 2.75) is 57.6 Å². The first-order valence-corrected chi connectivity index (χ1v) is 9.00. The smallest absolute Gasteiger partial charge is 0.367 e. The monoisotopic (exact) mass is 352 g/mol. The number of hydrogen-bond acceptors (Lipinski definition) is 5. The van der Waals surface area contributed by atoms with E-state index in [0.29, 0.717) is 19.8 Å². The highest BCUT2D eigenvalue weighted by Crippen LogP contribution is 2.17. The van der Waals surface area contributed by atoms with Crippen molar-refractivity contribution < 1.29 is 29.5 Å². The standard InChI is InChI=1S/C19H29NO5/c1-3-4-10-23-18-14(2)25-19(21)16(20)12-22-13-17(18)24-11-15-8-6-5-7-9-15/h5-9,14,16-18H,3-4,10-13,20H2,1-2H3/p+1/t14-,16-,17-,18-/m0/s1. The molecule has 6 nitrogen and oxygen atoms in total. The molecule has 1 saturated heterocycles. The molecule has 0 amide bonds. The fraction of sp³-hybridized carbons (Fsp3) is 0.632. The van der Waals surface area contributed by atoms with Crippen molar-refractivity contribution in [1.29, 1.82) is 0 Å². The summed E-state index contributed by atoms with van der Waals surface area (Å²) in [4.78, 5) is 12.0. The lowest BCUT2D eigenvalue weighted by atomic mass is 10.1. The molecule has 4 atom stereocenters. The predicted molar refractivity (Wildman–Crippen MR) is 92.7 cm³/mol. The van der Waals surface area contributed by atoms with E-state index in [1.54, 1.807) is 0 Å². The summed E-state index contributed by atoms with van der Waals surface area (Å²) in [5.41, 5.74) is 4.87. The van der Waals surface area contributed by atoms with Crippen LogP contribution >= 0.6 is 0 Å². The molecule has 0 bridgehead atoms. The van der Waals surface area contributed by atoms with Gasteiger partial charge in [0, 0.05) is 6.61 Å². The Labute approximate surface area is 149 Å². The Kier molecular flexibility index (Phi) is 8.34. The molecule has 0 unspecified atom stereocenters. The summed E-state index contributed by atoms with van der Waals surface area (Å²) >= 11 is 0. The summed E-state index contributed by atoms with van der Waals surface area (Å²) in [5, 5.41) is 0. The van der Waals surface area contributed by atoms with E-state index >= 15 is 0 Å². The molecule has 2 rings (SSSR count). The molecule has 1 aromatic carbocycles. The highest BCUT2D eigenvalue weighted by Gasteiger charge is 2.35. The fourth-order valence-electron chi connectivity index (χ4n) is 2.67. The van der Waals surface area contributed by atoms with Gasteiger partial charge in [-0.2, -0.15) is 0 Å². The number of rotatable bonds is 7. The van der Waals surface area contributed by atoms with E-state index in [1.165, 1.54) is 0 Å². The Morgan fingerprint density at radius 2 is 1.96 bits per heavy atom. The van der Waals surface area contributed by atoms with Crippen LogP contribution in [-0.4, -0.2) is 50.1 Å². The summed E-state index contributed by atoms with van der Waals surface area (Å²) in [6, 6.07) is 9.42. The zero-order chi connectivity index (χ0) is 18.1. The fourth-order valence-corrected chi connectivity index (χ4v) is 2.67. The van der Waals surface area contributed by atoms with Gasteiger partial charge in [0.1, 0.15) is 24.9 Å². The van der Waals surface area contributed by atoms with Gasteiger partial charge in [0.05, 0.1) is 13.2 Å². The molecule has 140 valence electrons. The van der Waals surface area contributed by atoms with Crippen LogP contribution in [0.1, 0.15) is 32.3 Å².